The molecule has 1 amide bonds. The summed E-state index contributed by atoms with van der Waals surface area (Å²) in [7, 11) is 0. The molecule has 0 bridgehead atoms. The second-order valence-corrected chi connectivity index (χ2v) is 7.08. The average Bonchev–Trinajstić information content (AvgIpc) is 3.11. The van der Waals surface area contributed by atoms with E-state index in [9.17, 15) is 18.0 Å². The van der Waals surface area contributed by atoms with Gasteiger partial charge in [0, 0.05) is 16.3 Å². The number of anilines is 1. The van der Waals surface area contributed by atoms with Crippen LogP contribution in [0.1, 0.15) is 21.6 Å². The molecule has 2 aromatic carbocycles. The van der Waals surface area contributed by atoms with Crippen LogP contribution in [0.25, 0.3) is 16.9 Å². The van der Waals surface area contributed by atoms with Gasteiger partial charge in [0.15, 0.2) is 11.3 Å². The Bertz CT molecular complexity index is 1250. The highest BCUT2D eigenvalue weighted by atomic mass is 35.5. The molecule has 2 heterocycles. The molecule has 0 saturated heterocycles. The molecule has 0 aliphatic heterocycles. The van der Waals surface area contributed by atoms with E-state index in [4.69, 9.17) is 11.6 Å². The molecule has 0 unspecified atom stereocenters. The van der Waals surface area contributed by atoms with Gasteiger partial charge in [0.2, 0.25) is 0 Å². The van der Waals surface area contributed by atoms with Gasteiger partial charge in [-0.25, -0.2) is 9.50 Å². The zero-order valence-electron chi connectivity index (χ0n) is 15.5. The Labute approximate surface area is 174 Å². The Hall–Kier alpha value is -3.39. The number of benzene rings is 2. The zero-order chi connectivity index (χ0) is 21.5. The summed E-state index contributed by atoms with van der Waals surface area (Å²) < 4.78 is 41.7. The van der Waals surface area contributed by atoms with Gasteiger partial charge in [0.05, 0.1) is 11.9 Å². The number of fused-ring (bicyclic) bond motifs is 1. The Kier molecular flexibility index (Phi) is 4.95. The number of rotatable bonds is 3. The van der Waals surface area contributed by atoms with E-state index >= 15 is 0 Å². The van der Waals surface area contributed by atoms with Gasteiger partial charge in [-0.3, -0.25) is 4.79 Å². The Balaban J connectivity index is 1.84. The summed E-state index contributed by atoms with van der Waals surface area (Å²) in [5.41, 5.74) is 0.641. The van der Waals surface area contributed by atoms with Crippen LogP contribution in [-0.2, 0) is 6.18 Å². The molecule has 0 fully saturated rings. The maximum Gasteiger partial charge on any atom is 0.433 e. The highest BCUT2D eigenvalue weighted by Gasteiger charge is 2.36. The molecule has 0 spiro atoms. The third-order valence-electron chi connectivity index (χ3n) is 4.44. The van der Waals surface area contributed by atoms with Crippen LogP contribution in [0.15, 0.2) is 60.8 Å². The number of nitrogens with zero attached hydrogens (tertiary/aromatic N) is 3. The zero-order valence-corrected chi connectivity index (χ0v) is 16.3. The van der Waals surface area contributed by atoms with Crippen molar-refractivity contribution < 1.29 is 18.0 Å². The van der Waals surface area contributed by atoms with E-state index in [0.29, 0.717) is 20.8 Å². The number of carbonyl (C=O) groups excluding carboxylic acids is 1. The first-order valence-corrected chi connectivity index (χ1v) is 9.20. The largest absolute Gasteiger partial charge is 0.433 e. The Morgan fingerprint density at radius 2 is 1.83 bits per heavy atom. The van der Waals surface area contributed by atoms with E-state index in [0.717, 1.165) is 17.8 Å². The fourth-order valence-electron chi connectivity index (χ4n) is 2.96. The molecule has 0 atom stereocenters. The van der Waals surface area contributed by atoms with Crippen molar-refractivity contribution >= 4 is 28.8 Å². The number of amides is 1. The minimum atomic E-state index is -4.69. The molecule has 1 N–H and O–H groups in total. The van der Waals surface area contributed by atoms with Crippen LogP contribution in [0.5, 0.6) is 0 Å². The smallest absolute Gasteiger partial charge is 0.322 e. The van der Waals surface area contributed by atoms with Crippen LogP contribution in [-0.4, -0.2) is 20.5 Å². The molecule has 30 heavy (non-hydrogen) atoms. The van der Waals surface area contributed by atoms with Crippen molar-refractivity contribution in [3.05, 3.63) is 82.6 Å². The SMILES string of the molecule is Cc1ccc(-c2cc(C(F)(F)F)n3ncc(C(=O)Nc4cccc(Cl)c4)c3n2)cc1. The normalized spacial score (nSPS) is 11.6. The molecule has 0 aliphatic carbocycles. The van der Waals surface area contributed by atoms with Crippen molar-refractivity contribution in [2.24, 2.45) is 0 Å². The first kappa shape index (κ1) is 19.9. The summed E-state index contributed by atoms with van der Waals surface area (Å²) in [4.78, 5) is 17.0. The van der Waals surface area contributed by atoms with Gasteiger partial charge >= 0.3 is 6.18 Å². The molecule has 0 saturated carbocycles. The van der Waals surface area contributed by atoms with Crippen molar-refractivity contribution in [2.45, 2.75) is 13.1 Å². The van der Waals surface area contributed by atoms with Crippen LogP contribution in [0, 0.1) is 6.92 Å². The lowest BCUT2D eigenvalue weighted by Gasteiger charge is -2.12. The first-order chi connectivity index (χ1) is 14.2. The Morgan fingerprint density at radius 1 is 1.10 bits per heavy atom. The van der Waals surface area contributed by atoms with Gasteiger partial charge in [-0.1, -0.05) is 47.5 Å². The van der Waals surface area contributed by atoms with Crippen molar-refractivity contribution in [3.63, 3.8) is 0 Å². The lowest BCUT2D eigenvalue weighted by molar-refractivity contribution is -0.142. The molecular formula is C21H14ClF3N4O. The van der Waals surface area contributed by atoms with E-state index in [2.05, 4.69) is 15.4 Å². The topological polar surface area (TPSA) is 59.3 Å². The van der Waals surface area contributed by atoms with Crippen LogP contribution in [0.4, 0.5) is 18.9 Å². The quantitative estimate of drug-likeness (QED) is 0.458. The minimum absolute atomic E-state index is 0.0885. The van der Waals surface area contributed by atoms with Gasteiger partial charge in [0.25, 0.3) is 5.91 Å². The summed E-state index contributed by atoms with van der Waals surface area (Å²) in [6.45, 7) is 1.87. The summed E-state index contributed by atoms with van der Waals surface area (Å²) in [5, 5.41) is 6.77. The van der Waals surface area contributed by atoms with Gasteiger partial charge in [-0.05, 0) is 31.2 Å². The van der Waals surface area contributed by atoms with Crippen LogP contribution in [0.3, 0.4) is 0 Å². The molecule has 0 radical (unpaired) electrons. The van der Waals surface area contributed by atoms with Crippen molar-refractivity contribution in [3.8, 4) is 11.3 Å². The molecule has 5 nitrogen and oxygen atoms in total. The van der Waals surface area contributed by atoms with E-state index in [1.165, 1.54) is 6.07 Å². The Morgan fingerprint density at radius 3 is 2.50 bits per heavy atom. The molecule has 152 valence electrons. The third kappa shape index (κ3) is 3.86. The number of aryl methyl sites for hydroxylation is 1. The number of alkyl halides is 3. The summed E-state index contributed by atoms with van der Waals surface area (Å²) >= 11 is 5.91. The monoisotopic (exact) mass is 430 g/mol. The first-order valence-electron chi connectivity index (χ1n) is 8.82. The molecule has 2 aromatic heterocycles. The van der Waals surface area contributed by atoms with E-state index in [-0.39, 0.29) is 16.9 Å². The predicted molar refractivity (Wildman–Crippen MR) is 108 cm³/mol. The number of hydrogen-bond acceptors (Lipinski definition) is 3. The number of aromatic nitrogens is 3. The summed E-state index contributed by atoms with van der Waals surface area (Å²) in [6, 6.07) is 14.2. The van der Waals surface area contributed by atoms with E-state index in [1.54, 1.807) is 42.5 Å². The maximum absolute atomic E-state index is 13.7. The average molecular weight is 431 g/mol. The highest BCUT2D eigenvalue weighted by molar-refractivity contribution is 6.31. The minimum Gasteiger partial charge on any atom is -0.322 e. The highest BCUT2D eigenvalue weighted by Crippen LogP contribution is 2.33. The van der Waals surface area contributed by atoms with E-state index in [1.807, 2.05) is 6.92 Å². The van der Waals surface area contributed by atoms with Crippen LogP contribution >= 0.6 is 11.6 Å². The lowest BCUT2D eigenvalue weighted by atomic mass is 10.1. The van der Waals surface area contributed by atoms with E-state index < -0.39 is 17.8 Å². The fourth-order valence-corrected chi connectivity index (χ4v) is 3.15. The van der Waals surface area contributed by atoms with Gasteiger partial charge in [-0.15, -0.1) is 0 Å². The summed E-state index contributed by atoms with van der Waals surface area (Å²) in [6.07, 6.45) is -3.62. The fraction of sp³-hybridized carbons (Fsp3) is 0.0952. The molecule has 4 aromatic rings. The number of halogens is 4. The van der Waals surface area contributed by atoms with Gasteiger partial charge < -0.3 is 5.32 Å². The number of carbonyl (C=O) groups is 1. The standard InChI is InChI=1S/C21H14ClF3N4O/c1-12-5-7-13(8-6-12)17-10-18(21(23,24)25)29-19(28-17)16(11-26-29)20(30)27-15-4-2-3-14(22)9-15/h2-11H,1H3,(H,27,30). The van der Waals surface area contributed by atoms with Gasteiger partial charge in [-0.2, -0.15) is 18.3 Å². The van der Waals surface area contributed by atoms with Crippen molar-refractivity contribution in [1.82, 2.24) is 14.6 Å². The van der Waals surface area contributed by atoms with Crippen LogP contribution < -0.4 is 5.32 Å². The number of hydrogen-bond donors (Lipinski definition) is 1. The maximum atomic E-state index is 13.7. The molecule has 9 heteroatoms. The lowest BCUT2D eigenvalue weighted by Crippen LogP contribution is -2.15. The van der Waals surface area contributed by atoms with Crippen molar-refractivity contribution in [1.29, 1.82) is 0 Å². The van der Waals surface area contributed by atoms with Crippen molar-refractivity contribution in [2.75, 3.05) is 5.32 Å². The molecule has 4 rings (SSSR count). The molecule has 0 aliphatic rings. The van der Waals surface area contributed by atoms with Gasteiger partial charge in [0.1, 0.15) is 5.56 Å². The number of nitrogens with one attached hydrogen (secondary N) is 1. The predicted octanol–water partition coefficient (Wildman–Crippen LogP) is 5.63. The summed E-state index contributed by atoms with van der Waals surface area (Å²) in [5.74, 6) is -0.644. The molecular weight excluding hydrogens is 417 g/mol. The third-order valence-corrected chi connectivity index (χ3v) is 4.67. The second kappa shape index (κ2) is 7.46. The van der Waals surface area contributed by atoms with Crippen LogP contribution in [0.2, 0.25) is 5.02 Å². The second-order valence-electron chi connectivity index (χ2n) is 6.65.